The van der Waals surface area contributed by atoms with E-state index in [9.17, 15) is 19.5 Å². The third kappa shape index (κ3) is 2.76. The highest BCUT2D eigenvalue weighted by atomic mass is 16.4. The van der Waals surface area contributed by atoms with Gasteiger partial charge >= 0.3 is 5.97 Å². The van der Waals surface area contributed by atoms with Crippen LogP contribution in [0.15, 0.2) is 24.3 Å². The summed E-state index contributed by atoms with van der Waals surface area (Å²) in [5.41, 5.74) is 2.70. The van der Waals surface area contributed by atoms with Gasteiger partial charge in [-0.1, -0.05) is 18.2 Å². The van der Waals surface area contributed by atoms with Gasteiger partial charge in [-0.2, -0.15) is 5.10 Å². The van der Waals surface area contributed by atoms with Crippen LogP contribution < -0.4 is 5.32 Å². The monoisotopic (exact) mass is 409 g/mol. The van der Waals surface area contributed by atoms with Crippen molar-refractivity contribution in [2.24, 2.45) is 0 Å². The molecule has 1 aromatic heterocycles. The van der Waals surface area contributed by atoms with E-state index in [0.717, 1.165) is 16.9 Å². The summed E-state index contributed by atoms with van der Waals surface area (Å²) in [6.45, 7) is 0.821. The van der Waals surface area contributed by atoms with Gasteiger partial charge in [-0.15, -0.1) is 0 Å². The van der Waals surface area contributed by atoms with Crippen molar-refractivity contribution < 1.29 is 19.5 Å². The van der Waals surface area contributed by atoms with E-state index >= 15 is 0 Å². The average Bonchev–Trinajstić information content (AvgIpc) is 3.29. The number of rotatable bonds is 4. The third-order valence-electron chi connectivity index (χ3n) is 6.58. The molecular weight excluding hydrogens is 386 g/mol. The molecule has 1 aliphatic carbocycles. The molecule has 3 heterocycles. The number of para-hydroxylation sites is 1. The van der Waals surface area contributed by atoms with Gasteiger partial charge in [-0.25, -0.2) is 4.79 Å². The summed E-state index contributed by atoms with van der Waals surface area (Å²) in [6, 6.07) is 7.57. The average molecular weight is 409 g/mol. The molecule has 2 aliphatic heterocycles. The van der Waals surface area contributed by atoms with Gasteiger partial charge in [0.1, 0.15) is 17.3 Å². The maximum Gasteiger partial charge on any atom is 0.329 e. The molecule has 9 nitrogen and oxygen atoms in total. The third-order valence-corrected chi connectivity index (χ3v) is 6.58. The predicted octanol–water partition coefficient (Wildman–Crippen LogP) is 1.02. The number of carboxylic acids is 1. The Hall–Kier alpha value is -3.36. The molecule has 0 bridgehead atoms. The van der Waals surface area contributed by atoms with E-state index in [4.69, 9.17) is 0 Å². The second-order valence-electron chi connectivity index (χ2n) is 8.29. The number of aromatic nitrogens is 2. The summed E-state index contributed by atoms with van der Waals surface area (Å²) in [7, 11) is 1.52. The summed E-state index contributed by atoms with van der Waals surface area (Å²) >= 11 is 0. The van der Waals surface area contributed by atoms with Crippen molar-refractivity contribution in [1.29, 1.82) is 0 Å². The summed E-state index contributed by atoms with van der Waals surface area (Å²) in [5.74, 6) is -1.39. The summed E-state index contributed by atoms with van der Waals surface area (Å²) < 4.78 is 0. The highest BCUT2D eigenvalue weighted by Gasteiger charge is 2.56. The lowest BCUT2D eigenvalue weighted by Gasteiger charge is -2.30. The number of carboxylic acid groups (broad SMARTS) is 1. The SMILES string of the molecule is CN(C(=O)c1[nH]nc2c1CN(C(=O)C1Cc3ccccc3N1)CC2)C1(C(=O)O)CC1. The molecule has 30 heavy (non-hydrogen) atoms. The van der Waals surface area contributed by atoms with E-state index in [1.165, 1.54) is 11.9 Å². The number of likely N-dealkylation sites (N-methyl/N-ethyl adjacent to an activating group) is 1. The number of anilines is 1. The van der Waals surface area contributed by atoms with Crippen LogP contribution in [0.2, 0.25) is 0 Å². The fraction of sp³-hybridized carbons (Fsp3) is 0.429. The molecule has 5 rings (SSSR count). The highest BCUT2D eigenvalue weighted by molar-refractivity contribution is 5.99. The number of hydrogen-bond acceptors (Lipinski definition) is 5. The van der Waals surface area contributed by atoms with Crippen LogP contribution in [0.5, 0.6) is 0 Å². The van der Waals surface area contributed by atoms with Crippen molar-refractivity contribution in [3.05, 3.63) is 46.8 Å². The number of aromatic amines is 1. The van der Waals surface area contributed by atoms with Crippen molar-refractivity contribution in [2.45, 2.75) is 43.8 Å². The lowest BCUT2D eigenvalue weighted by atomic mass is 10.0. The van der Waals surface area contributed by atoms with E-state index in [0.29, 0.717) is 37.8 Å². The first-order valence-corrected chi connectivity index (χ1v) is 10.1. The van der Waals surface area contributed by atoms with Crippen LogP contribution in [0.4, 0.5) is 5.69 Å². The fourth-order valence-electron chi connectivity index (χ4n) is 4.50. The van der Waals surface area contributed by atoms with Gasteiger partial charge in [0.05, 0.1) is 5.69 Å². The van der Waals surface area contributed by atoms with Crippen molar-refractivity contribution in [3.8, 4) is 0 Å². The molecule has 3 N–H and O–H groups in total. The quantitative estimate of drug-likeness (QED) is 0.694. The number of hydrogen-bond donors (Lipinski definition) is 3. The minimum Gasteiger partial charge on any atom is -0.479 e. The van der Waals surface area contributed by atoms with Crippen molar-refractivity contribution >= 4 is 23.5 Å². The predicted molar refractivity (Wildman–Crippen MR) is 107 cm³/mol. The normalized spacial score (nSPS) is 20.7. The summed E-state index contributed by atoms with van der Waals surface area (Å²) in [6.07, 6.45) is 2.08. The number of aliphatic carboxylic acids is 1. The van der Waals surface area contributed by atoms with Gasteiger partial charge in [0.2, 0.25) is 5.91 Å². The maximum atomic E-state index is 13.1. The van der Waals surface area contributed by atoms with Crippen LogP contribution in [0.3, 0.4) is 0 Å². The molecule has 1 saturated carbocycles. The Morgan fingerprint density at radius 3 is 2.73 bits per heavy atom. The Labute approximate surface area is 173 Å². The molecule has 2 aromatic rings. The molecule has 1 atom stereocenters. The van der Waals surface area contributed by atoms with Crippen molar-refractivity contribution in [3.63, 3.8) is 0 Å². The Morgan fingerprint density at radius 1 is 1.27 bits per heavy atom. The molecule has 0 spiro atoms. The molecular formula is C21H23N5O4. The number of fused-ring (bicyclic) bond motifs is 2. The zero-order chi connectivity index (χ0) is 21.0. The second kappa shape index (κ2) is 6.58. The number of amides is 2. The van der Waals surface area contributed by atoms with E-state index < -0.39 is 17.4 Å². The molecule has 1 aromatic carbocycles. The van der Waals surface area contributed by atoms with Crippen molar-refractivity contribution in [1.82, 2.24) is 20.0 Å². The second-order valence-corrected chi connectivity index (χ2v) is 8.29. The van der Waals surface area contributed by atoms with Crippen LogP contribution in [0.25, 0.3) is 0 Å². The van der Waals surface area contributed by atoms with Crippen LogP contribution in [0, 0.1) is 0 Å². The van der Waals surface area contributed by atoms with E-state index in [1.54, 1.807) is 4.90 Å². The van der Waals surface area contributed by atoms with E-state index in [1.807, 2.05) is 24.3 Å². The number of carbonyl (C=O) groups is 3. The topological polar surface area (TPSA) is 119 Å². The van der Waals surface area contributed by atoms with Gasteiger partial charge in [0.25, 0.3) is 5.91 Å². The van der Waals surface area contributed by atoms with Gasteiger partial charge in [0.15, 0.2) is 0 Å². The zero-order valence-electron chi connectivity index (χ0n) is 16.6. The molecule has 1 unspecified atom stereocenters. The standard InChI is InChI=1S/C21H23N5O4/c1-25(21(7-8-21)20(29)30)19(28)17-13-11-26(9-6-15(13)23-24-17)18(27)16-10-12-4-2-3-5-14(12)22-16/h2-5,16,22H,6-11H2,1H3,(H,23,24)(H,29,30). The Morgan fingerprint density at radius 2 is 2.03 bits per heavy atom. The largest absolute Gasteiger partial charge is 0.479 e. The Bertz CT molecular complexity index is 1030. The van der Waals surface area contributed by atoms with Crippen LogP contribution in [0.1, 0.15) is 40.2 Å². The first-order chi connectivity index (χ1) is 14.4. The Kier molecular flexibility index (Phi) is 4.09. The van der Waals surface area contributed by atoms with Crippen LogP contribution >= 0.6 is 0 Å². The minimum absolute atomic E-state index is 0.00555. The minimum atomic E-state index is -1.13. The maximum absolute atomic E-state index is 13.1. The number of carbonyl (C=O) groups excluding carboxylic acids is 2. The molecule has 2 amide bonds. The van der Waals surface area contributed by atoms with Gasteiger partial charge in [0, 0.05) is 44.2 Å². The lowest BCUT2D eigenvalue weighted by molar-refractivity contribution is -0.143. The van der Waals surface area contributed by atoms with Crippen LogP contribution in [-0.2, 0) is 29.0 Å². The smallest absolute Gasteiger partial charge is 0.329 e. The van der Waals surface area contributed by atoms with E-state index in [-0.39, 0.29) is 24.2 Å². The van der Waals surface area contributed by atoms with Gasteiger partial charge in [-0.05, 0) is 24.5 Å². The van der Waals surface area contributed by atoms with Crippen molar-refractivity contribution in [2.75, 3.05) is 18.9 Å². The Balaban J connectivity index is 1.34. The number of nitrogens with one attached hydrogen (secondary N) is 2. The molecule has 3 aliphatic rings. The number of benzene rings is 1. The fourth-order valence-corrected chi connectivity index (χ4v) is 4.50. The molecule has 0 saturated heterocycles. The first-order valence-electron chi connectivity index (χ1n) is 10.1. The lowest BCUT2D eigenvalue weighted by Crippen LogP contribution is -2.46. The van der Waals surface area contributed by atoms with Crippen LogP contribution in [-0.4, -0.2) is 68.1 Å². The van der Waals surface area contributed by atoms with Gasteiger partial charge in [-0.3, -0.25) is 14.7 Å². The molecule has 0 radical (unpaired) electrons. The summed E-state index contributed by atoms with van der Waals surface area (Å²) in [4.78, 5) is 40.8. The number of nitrogens with zero attached hydrogens (tertiary/aromatic N) is 3. The zero-order valence-corrected chi connectivity index (χ0v) is 16.6. The molecule has 1 fully saturated rings. The summed E-state index contributed by atoms with van der Waals surface area (Å²) in [5, 5.41) is 19.8. The van der Waals surface area contributed by atoms with Gasteiger partial charge < -0.3 is 20.2 Å². The first kappa shape index (κ1) is 18.7. The molecule has 156 valence electrons. The van der Waals surface area contributed by atoms with E-state index in [2.05, 4.69) is 15.5 Å². The highest BCUT2D eigenvalue weighted by Crippen LogP contribution is 2.42. The molecule has 9 heteroatoms. The number of H-pyrrole nitrogens is 1.